The fourth-order valence-corrected chi connectivity index (χ4v) is 2.89. The summed E-state index contributed by atoms with van der Waals surface area (Å²) in [6.07, 6.45) is 0.0256. The quantitative estimate of drug-likeness (QED) is 0.539. The van der Waals surface area contributed by atoms with Crippen molar-refractivity contribution in [2.45, 2.75) is 39.4 Å². The zero-order valence-electron chi connectivity index (χ0n) is 17.9. The van der Waals surface area contributed by atoms with Gasteiger partial charge in [0, 0.05) is 18.2 Å². The minimum Gasteiger partial charge on any atom is -0.493 e. The van der Waals surface area contributed by atoms with Gasteiger partial charge in [0.15, 0.2) is 17.6 Å². The van der Waals surface area contributed by atoms with Crippen molar-refractivity contribution in [3.05, 3.63) is 53.1 Å². The van der Waals surface area contributed by atoms with E-state index in [1.54, 1.807) is 31.4 Å². The van der Waals surface area contributed by atoms with Crippen molar-refractivity contribution in [3.63, 3.8) is 0 Å². The van der Waals surface area contributed by atoms with E-state index in [4.69, 9.17) is 30.5 Å². The molecule has 1 unspecified atom stereocenters. The van der Waals surface area contributed by atoms with E-state index < -0.39 is 6.10 Å². The van der Waals surface area contributed by atoms with Crippen molar-refractivity contribution in [2.24, 2.45) is 0 Å². The molecule has 30 heavy (non-hydrogen) atoms. The van der Waals surface area contributed by atoms with Crippen LogP contribution in [0.25, 0.3) is 0 Å². The maximum Gasteiger partial charge on any atom is 0.252 e. The Kier molecular flexibility index (Phi) is 9.77. The van der Waals surface area contributed by atoms with Crippen LogP contribution in [-0.2, 0) is 16.0 Å². The summed E-state index contributed by atoms with van der Waals surface area (Å²) in [4.78, 5) is 12.5. The molecule has 0 aliphatic rings. The first-order valence-electron chi connectivity index (χ1n) is 10.0. The number of amides is 1. The Morgan fingerprint density at radius 2 is 1.83 bits per heavy atom. The van der Waals surface area contributed by atoms with Crippen LogP contribution in [0.4, 0.5) is 0 Å². The Labute approximate surface area is 183 Å². The monoisotopic (exact) mass is 435 g/mol. The van der Waals surface area contributed by atoms with Crippen LogP contribution < -0.4 is 19.5 Å². The van der Waals surface area contributed by atoms with Gasteiger partial charge in [-0.05, 0) is 69.2 Å². The van der Waals surface area contributed by atoms with Gasteiger partial charge in [0.1, 0.15) is 12.4 Å². The third kappa shape index (κ3) is 7.76. The molecule has 0 radical (unpaired) electrons. The van der Waals surface area contributed by atoms with Crippen molar-refractivity contribution >= 4 is 17.5 Å². The fourth-order valence-electron chi connectivity index (χ4n) is 2.77. The fraction of sp³-hybridized carbons (Fsp3) is 0.435. The van der Waals surface area contributed by atoms with Crippen molar-refractivity contribution < 1.29 is 23.7 Å². The van der Waals surface area contributed by atoms with Gasteiger partial charge in [0.25, 0.3) is 5.91 Å². The van der Waals surface area contributed by atoms with Gasteiger partial charge in [-0.2, -0.15) is 0 Å². The highest BCUT2D eigenvalue weighted by atomic mass is 35.5. The van der Waals surface area contributed by atoms with Gasteiger partial charge >= 0.3 is 0 Å². The maximum absolute atomic E-state index is 12.5. The van der Waals surface area contributed by atoms with E-state index >= 15 is 0 Å². The summed E-state index contributed by atoms with van der Waals surface area (Å²) in [7, 11) is 1.61. The second kappa shape index (κ2) is 12.3. The number of nitrogens with one attached hydrogen (secondary N) is 1. The number of carbonyl (C=O) groups excluding carboxylic acids is 1. The molecule has 7 heteroatoms. The SMILES string of the molecule is CCOC(COc1ccc(Cl)cc1)C(=O)NCCc1ccc(OC(C)C)c(OC)c1. The van der Waals surface area contributed by atoms with Crippen LogP contribution in [0.3, 0.4) is 0 Å². The Hall–Kier alpha value is -2.44. The van der Waals surface area contributed by atoms with Gasteiger partial charge in [-0.25, -0.2) is 0 Å². The molecule has 1 N–H and O–H groups in total. The summed E-state index contributed by atoms with van der Waals surface area (Å²) in [5, 5.41) is 3.54. The third-order valence-electron chi connectivity index (χ3n) is 4.18. The first-order chi connectivity index (χ1) is 14.4. The van der Waals surface area contributed by atoms with E-state index in [0.717, 1.165) is 5.56 Å². The molecule has 0 saturated heterocycles. The van der Waals surface area contributed by atoms with Crippen LogP contribution in [0.15, 0.2) is 42.5 Å². The van der Waals surface area contributed by atoms with E-state index in [2.05, 4.69) is 5.32 Å². The molecule has 1 atom stereocenters. The van der Waals surface area contributed by atoms with Crippen molar-refractivity contribution in [3.8, 4) is 17.2 Å². The highest BCUT2D eigenvalue weighted by molar-refractivity contribution is 6.30. The summed E-state index contributed by atoms with van der Waals surface area (Å²) < 4.78 is 22.3. The van der Waals surface area contributed by atoms with E-state index in [0.29, 0.717) is 41.8 Å². The second-order valence-electron chi connectivity index (χ2n) is 6.90. The molecule has 6 nitrogen and oxygen atoms in total. The molecule has 1 amide bonds. The standard InChI is InChI=1S/C23H30ClNO5/c1-5-28-22(15-29-19-9-7-18(24)8-10-19)23(26)25-13-12-17-6-11-20(30-16(2)3)21(14-17)27-4/h6-11,14,16,22H,5,12-13,15H2,1-4H3,(H,25,26). The number of halogens is 1. The van der Waals surface area contributed by atoms with Gasteiger partial charge in [-0.3, -0.25) is 4.79 Å². The van der Waals surface area contributed by atoms with Crippen LogP contribution in [-0.4, -0.2) is 45.0 Å². The van der Waals surface area contributed by atoms with Gasteiger partial charge in [0.2, 0.25) is 0 Å². The molecular weight excluding hydrogens is 406 g/mol. The summed E-state index contributed by atoms with van der Waals surface area (Å²) in [5.74, 6) is 1.80. The average Bonchev–Trinajstić information content (AvgIpc) is 2.72. The number of carbonyl (C=O) groups is 1. The molecule has 0 fully saturated rings. The van der Waals surface area contributed by atoms with E-state index in [-0.39, 0.29) is 18.6 Å². The number of ether oxygens (including phenoxy) is 4. The largest absolute Gasteiger partial charge is 0.493 e. The lowest BCUT2D eigenvalue weighted by atomic mass is 10.1. The van der Waals surface area contributed by atoms with E-state index in [1.807, 2.05) is 39.0 Å². The van der Waals surface area contributed by atoms with E-state index in [1.165, 1.54) is 0 Å². The molecule has 0 aliphatic carbocycles. The Morgan fingerprint density at radius 1 is 1.10 bits per heavy atom. The first-order valence-corrected chi connectivity index (χ1v) is 10.4. The molecule has 0 bridgehead atoms. The first kappa shape index (κ1) is 23.8. The minimum absolute atomic E-state index is 0.0645. The van der Waals surface area contributed by atoms with Gasteiger partial charge < -0.3 is 24.3 Å². The molecule has 0 heterocycles. The van der Waals surface area contributed by atoms with Crippen molar-refractivity contribution in [2.75, 3.05) is 26.9 Å². The lowest BCUT2D eigenvalue weighted by molar-refractivity contribution is -0.134. The predicted octanol–water partition coefficient (Wildman–Crippen LogP) is 4.28. The van der Waals surface area contributed by atoms with Crippen LogP contribution in [0.2, 0.25) is 5.02 Å². The molecular formula is C23H30ClNO5. The maximum atomic E-state index is 12.5. The van der Waals surface area contributed by atoms with Crippen LogP contribution in [0.5, 0.6) is 17.2 Å². The number of hydrogen-bond donors (Lipinski definition) is 1. The molecule has 0 aliphatic heterocycles. The normalized spacial score (nSPS) is 11.8. The topological polar surface area (TPSA) is 66.0 Å². The molecule has 2 rings (SSSR count). The summed E-state index contributed by atoms with van der Waals surface area (Å²) in [5.41, 5.74) is 1.04. The van der Waals surface area contributed by atoms with Gasteiger partial charge in [-0.1, -0.05) is 17.7 Å². The molecule has 164 valence electrons. The number of rotatable bonds is 12. The van der Waals surface area contributed by atoms with Crippen molar-refractivity contribution in [1.29, 1.82) is 0 Å². The molecule has 0 spiro atoms. The number of hydrogen-bond acceptors (Lipinski definition) is 5. The average molecular weight is 436 g/mol. The lowest BCUT2D eigenvalue weighted by Gasteiger charge is -2.18. The van der Waals surface area contributed by atoms with E-state index in [9.17, 15) is 4.79 Å². The predicted molar refractivity (Wildman–Crippen MR) is 118 cm³/mol. The highest BCUT2D eigenvalue weighted by Crippen LogP contribution is 2.29. The Morgan fingerprint density at radius 3 is 2.47 bits per heavy atom. The summed E-state index contributed by atoms with van der Waals surface area (Å²) in [6, 6.07) is 12.8. The van der Waals surface area contributed by atoms with Crippen LogP contribution in [0, 0.1) is 0 Å². The highest BCUT2D eigenvalue weighted by Gasteiger charge is 2.19. The zero-order chi connectivity index (χ0) is 21.9. The lowest BCUT2D eigenvalue weighted by Crippen LogP contribution is -2.41. The second-order valence-corrected chi connectivity index (χ2v) is 7.34. The van der Waals surface area contributed by atoms with Crippen molar-refractivity contribution in [1.82, 2.24) is 5.32 Å². The van der Waals surface area contributed by atoms with Gasteiger partial charge in [0.05, 0.1) is 13.2 Å². The third-order valence-corrected chi connectivity index (χ3v) is 4.43. The summed E-state index contributed by atoms with van der Waals surface area (Å²) >= 11 is 5.87. The van der Waals surface area contributed by atoms with Crippen LogP contribution >= 0.6 is 11.6 Å². The number of benzene rings is 2. The zero-order valence-corrected chi connectivity index (χ0v) is 18.7. The molecule has 0 saturated carbocycles. The summed E-state index contributed by atoms with van der Waals surface area (Å²) in [6.45, 7) is 6.78. The number of methoxy groups -OCH3 is 1. The molecule has 2 aromatic rings. The van der Waals surface area contributed by atoms with Crippen LogP contribution in [0.1, 0.15) is 26.3 Å². The minimum atomic E-state index is -0.693. The Bertz CT molecular complexity index is 795. The molecule has 0 aromatic heterocycles. The smallest absolute Gasteiger partial charge is 0.252 e. The molecule has 2 aromatic carbocycles. The van der Waals surface area contributed by atoms with Gasteiger partial charge in [-0.15, -0.1) is 0 Å². The Balaban J connectivity index is 1.86.